The predicted octanol–water partition coefficient (Wildman–Crippen LogP) is 3.37. The van der Waals surface area contributed by atoms with Crippen molar-refractivity contribution in [2.24, 2.45) is 5.92 Å². The second-order valence-electron chi connectivity index (χ2n) is 9.63. The predicted molar refractivity (Wildman–Crippen MR) is 147 cm³/mol. The fraction of sp³-hybridized carbons (Fsp3) is 0.387. The van der Waals surface area contributed by atoms with Gasteiger partial charge in [0.1, 0.15) is 6.10 Å². The smallest absolute Gasteiger partial charge is 0.417 e. The van der Waals surface area contributed by atoms with Gasteiger partial charge in [-0.3, -0.25) is 19.2 Å². The molecule has 0 bridgehead atoms. The largest absolute Gasteiger partial charge is 0.453 e. The molecule has 1 aliphatic rings. The number of hydrogen-bond donors (Lipinski definition) is 1. The van der Waals surface area contributed by atoms with Crippen molar-refractivity contribution in [2.45, 2.75) is 51.4 Å². The van der Waals surface area contributed by atoms with Gasteiger partial charge in [-0.05, 0) is 43.0 Å². The lowest BCUT2D eigenvalue weighted by molar-refractivity contribution is -0.158. The van der Waals surface area contributed by atoms with Crippen molar-refractivity contribution in [3.05, 3.63) is 83.9 Å². The summed E-state index contributed by atoms with van der Waals surface area (Å²) < 4.78 is 16.0. The first-order chi connectivity index (χ1) is 19.7. The van der Waals surface area contributed by atoms with Gasteiger partial charge >= 0.3 is 12.1 Å². The van der Waals surface area contributed by atoms with E-state index in [2.05, 4.69) is 0 Å². The van der Waals surface area contributed by atoms with E-state index in [9.17, 15) is 24.0 Å². The lowest BCUT2D eigenvalue weighted by Crippen LogP contribution is -2.48. The van der Waals surface area contributed by atoms with Crippen molar-refractivity contribution in [2.75, 3.05) is 19.8 Å². The Hall–Kier alpha value is -4.15. The van der Waals surface area contributed by atoms with Crippen LogP contribution in [-0.2, 0) is 39.8 Å². The first-order valence-electron chi connectivity index (χ1n) is 13.5. The highest BCUT2D eigenvalue weighted by Gasteiger charge is 2.48. The molecule has 0 unspecified atom stereocenters. The van der Waals surface area contributed by atoms with E-state index in [0.717, 1.165) is 24.0 Å². The molecule has 41 heavy (non-hydrogen) atoms. The standard InChI is InChI=1S/C31H35NO9/c1-21-28(24-12-7-4-8-13-24)41-31(38)32(21)30(37)26(20-23-10-5-3-6-11-23)29(40-22(2)34)27(36)16-15-25(35)14-9-18-39-19-17-33/h3-8,10-13,15-16,21,26,28-29,33H,9,14,17-20H2,1-2H3/t21-,26-,28-,29-/m0/s1. The number of esters is 1. The molecule has 10 nitrogen and oxygen atoms in total. The number of amides is 2. The van der Waals surface area contributed by atoms with Crippen LogP contribution in [0, 0.1) is 5.92 Å². The molecule has 1 aliphatic heterocycles. The third kappa shape index (κ3) is 8.92. The van der Waals surface area contributed by atoms with Crippen LogP contribution in [0.25, 0.3) is 0 Å². The third-order valence-corrected chi connectivity index (χ3v) is 6.57. The molecule has 1 heterocycles. The maximum atomic E-state index is 14.0. The minimum absolute atomic E-state index is 0.0140. The van der Waals surface area contributed by atoms with Gasteiger partial charge in [0.05, 0.1) is 25.2 Å². The molecule has 218 valence electrons. The van der Waals surface area contributed by atoms with Crippen LogP contribution in [0.2, 0.25) is 0 Å². The summed E-state index contributed by atoms with van der Waals surface area (Å²) in [6, 6.07) is 17.1. The van der Waals surface area contributed by atoms with Crippen molar-refractivity contribution in [1.29, 1.82) is 0 Å². The van der Waals surface area contributed by atoms with Crippen LogP contribution in [-0.4, -0.2) is 71.5 Å². The summed E-state index contributed by atoms with van der Waals surface area (Å²) in [6.45, 7) is 3.10. The molecule has 2 aromatic rings. The summed E-state index contributed by atoms with van der Waals surface area (Å²) in [7, 11) is 0. The van der Waals surface area contributed by atoms with Crippen LogP contribution in [0.1, 0.15) is 43.9 Å². The lowest BCUT2D eigenvalue weighted by atomic mass is 9.89. The zero-order chi connectivity index (χ0) is 29.8. The van der Waals surface area contributed by atoms with E-state index >= 15 is 0 Å². The highest BCUT2D eigenvalue weighted by atomic mass is 16.6. The Kier molecular flexibility index (Phi) is 11.9. The molecule has 2 amide bonds. The van der Waals surface area contributed by atoms with Crippen molar-refractivity contribution in [1.82, 2.24) is 4.90 Å². The fourth-order valence-electron chi connectivity index (χ4n) is 4.60. The number of carbonyl (C=O) groups excluding carboxylic acids is 5. The van der Waals surface area contributed by atoms with Gasteiger partial charge in [-0.25, -0.2) is 9.69 Å². The number of ether oxygens (including phenoxy) is 3. The quantitative estimate of drug-likeness (QED) is 0.196. The number of aliphatic hydroxyl groups is 1. The number of nitrogens with zero attached hydrogens (tertiary/aromatic N) is 1. The highest BCUT2D eigenvalue weighted by Crippen LogP contribution is 2.34. The molecular formula is C31H35NO9. The summed E-state index contributed by atoms with van der Waals surface area (Å²) >= 11 is 0. The maximum Gasteiger partial charge on any atom is 0.417 e. The van der Waals surface area contributed by atoms with Gasteiger partial charge in [-0.1, -0.05) is 60.7 Å². The van der Waals surface area contributed by atoms with E-state index in [0.29, 0.717) is 17.5 Å². The second kappa shape index (κ2) is 15.6. The normalized spacial score (nSPS) is 18.1. The molecule has 10 heteroatoms. The molecule has 2 aromatic carbocycles. The molecule has 3 rings (SSSR count). The first-order valence-corrected chi connectivity index (χ1v) is 13.5. The number of imide groups is 1. The maximum absolute atomic E-state index is 14.0. The highest BCUT2D eigenvalue weighted by molar-refractivity contribution is 6.04. The van der Waals surface area contributed by atoms with Crippen molar-refractivity contribution in [3.63, 3.8) is 0 Å². The van der Waals surface area contributed by atoms with Gasteiger partial charge in [-0.2, -0.15) is 0 Å². The Bertz CT molecular complexity index is 1230. The monoisotopic (exact) mass is 565 g/mol. The van der Waals surface area contributed by atoms with Crippen LogP contribution < -0.4 is 0 Å². The minimum atomic E-state index is -1.59. The van der Waals surface area contributed by atoms with Crippen molar-refractivity contribution < 1.29 is 43.3 Å². The molecule has 0 saturated carbocycles. The zero-order valence-corrected chi connectivity index (χ0v) is 23.1. The Morgan fingerprint density at radius 3 is 2.29 bits per heavy atom. The third-order valence-electron chi connectivity index (χ3n) is 6.57. The van der Waals surface area contributed by atoms with Gasteiger partial charge in [0.2, 0.25) is 5.91 Å². The molecule has 0 radical (unpaired) electrons. The Labute approximate surface area is 238 Å². The molecule has 1 saturated heterocycles. The number of cyclic esters (lactones) is 1. The van der Waals surface area contributed by atoms with Crippen LogP contribution in [0.4, 0.5) is 4.79 Å². The fourth-order valence-corrected chi connectivity index (χ4v) is 4.60. The molecule has 1 fully saturated rings. The van der Waals surface area contributed by atoms with Gasteiger partial charge < -0.3 is 19.3 Å². The van der Waals surface area contributed by atoms with Gasteiger partial charge in [0, 0.05) is 20.0 Å². The Morgan fingerprint density at radius 1 is 1.00 bits per heavy atom. The number of aliphatic hydroxyl groups excluding tert-OH is 1. The molecule has 4 atom stereocenters. The van der Waals surface area contributed by atoms with E-state index in [-0.39, 0.29) is 38.4 Å². The molecular weight excluding hydrogens is 530 g/mol. The van der Waals surface area contributed by atoms with E-state index in [4.69, 9.17) is 19.3 Å². The van der Waals surface area contributed by atoms with Gasteiger partial charge in [0.15, 0.2) is 17.7 Å². The van der Waals surface area contributed by atoms with E-state index in [1.54, 1.807) is 61.5 Å². The number of hydrogen-bond acceptors (Lipinski definition) is 9. The Morgan fingerprint density at radius 2 is 1.66 bits per heavy atom. The first kappa shape index (κ1) is 31.4. The molecule has 0 spiro atoms. The molecule has 0 aromatic heterocycles. The summed E-state index contributed by atoms with van der Waals surface area (Å²) in [4.78, 5) is 65.7. The summed E-state index contributed by atoms with van der Waals surface area (Å²) in [6.07, 6.45) is -0.631. The number of ketones is 2. The van der Waals surface area contributed by atoms with Crippen molar-refractivity contribution >= 4 is 29.5 Å². The number of benzene rings is 2. The summed E-state index contributed by atoms with van der Waals surface area (Å²) in [5.74, 6) is -3.93. The van der Waals surface area contributed by atoms with Crippen LogP contribution in [0.15, 0.2) is 72.8 Å². The second-order valence-corrected chi connectivity index (χ2v) is 9.63. The zero-order valence-electron chi connectivity index (χ0n) is 23.1. The molecule has 0 aliphatic carbocycles. The molecule has 1 N–H and O–H groups in total. The average molecular weight is 566 g/mol. The number of rotatable bonds is 15. The van der Waals surface area contributed by atoms with Crippen LogP contribution in [0.3, 0.4) is 0 Å². The lowest BCUT2D eigenvalue weighted by Gasteiger charge is -2.28. The van der Waals surface area contributed by atoms with Gasteiger partial charge in [-0.15, -0.1) is 0 Å². The number of carbonyl (C=O) groups is 5. The topological polar surface area (TPSA) is 137 Å². The van der Waals surface area contributed by atoms with E-state index < -0.39 is 47.9 Å². The summed E-state index contributed by atoms with van der Waals surface area (Å²) in [5.41, 5.74) is 1.39. The van der Waals surface area contributed by atoms with Crippen LogP contribution in [0.5, 0.6) is 0 Å². The Balaban J connectivity index is 1.86. The minimum Gasteiger partial charge on any atom is -0.453 e. The van der Waals surface area contributed by atoms with E-state index in [1.807, 2.05) is 6.07 Å². The van der Waals surface area contributed by atoms with Crippen LogP contribution >= 0.6 is 0 Å². The summed E-state index contributed by atoms with van der Waals surface area (Å²) in [5, 5.41) is 8.75. The average Bonchev–Trinajstić information content (AvgIpc) is 3.27. The van der Waals surface area contributed by atoms with Gasteiger partial charge in [0.25, 0.3) is 0 Å². The number of allylic oxidation sites excluding steroid dienone is 1. The SMILES string of the molecule is CC(=O)O[C@H](C(=O)C=CC(=O)CCCOCCO)[C@H](Cc1ccccc1)C(=O)N1C(=O)O[C@H](c2ccccc2)[C@@H]1C. The van der Waals surface area contributed by atoms with E-state index in [1.165, 1.54) is 0 Å². The van der Waals surface area contributed by atoms with Crippen molar-refractivity contribution in [3.8, 4) is 0 Å².